The first-order valence-corrected chi connectivity index (χ1v) is 12.4. The van der Waals surface area contributed by atoms with E-state index in [9.17, 15) is 19.5 Å². The number of nitrogens with one attached hydrogen (secondary N) is 2. The van der Waals surface area contributed by atoms with Gasteiger partial charge in [-0.2, -0.15) is 0 Å². The zero-order valence-corrected chi connectivity index (χ0v) is 21.1. The zero-order valence-electron chi connectivity index (χ0n) is 21.1. The maximum atomic E-state index is 12.0. The number of aliphatic hydroxyl groups is 1. The normalized spacial score (nSPS) is 13.2. The first-order valence-electron chi connectivity index (χ1n) is 12.4. The van der Waals surface area contributed by atoms with Gasteiger partial charge in [0.25, 0.3) is 0 Å². The van der Waals surface area contributed by atoms with Crippen molar-refractivity contribution in [3.8, 4) is 5.75 Å². The molecule has 0 spiro atoms. The van der Waals surface area contributed by atoms with Crippen LogP contribution in [-0.4, -0.2) is 54.3 Å². The van der Waals surface area contributed by atoms with Crippen molar-refractivity contribution in [2.45, 2.75) is 90.5 Å². The van der Waals surface area contributed by atoms with E-state index in [1.807, 2.05) is 6.92 Å². The van der Waals surface area contributed by atoms with Crippen molar-refractivity contribution in [1.82, 2.24) is 10.6 Å². The highest BCUT2D eigenvalue weighted by Crippen LogP contribution is 2.15. The Balaban J connectivity index is 0.00000101. The van der Waals surface area contributed by atoms with E-state index in [4.69, 9.17) is 9.84 Å². The molecule has 8 heteroatoms. The summed E-state index contributed by atoms with van der Waals surface area (Å²) in [6.45, 7) is 3.78. The highest BCUT2D eigenvalue weighted by Gasteiger charge is 2.22. The van der Waals surface area contributed by atoms with E-state index in [-0.39, 0.29) is 31.2 Å². The van der Waals surface area contributed by atoms with Crippen LogP contribution in [0.3, 0.4) is 0 Å². The second-order valence-corrected chi connectivity index (χ2v) is 8.19. The predicted molar refractivity (Wildman–Crippen MR) is 133 cm³/mol. The number of rotatable bonds is 10. The zero-order chi connectivity index (χ0) is 25.6. The first kappa shape index (κ1) is 31.4. The van der Waals surface area contributed by atoms with E-state index in [2.05, 4.69) is 10.6 Å². The fourth-order valence-corrected chi connectivity index (χ4v) is 3.36. The molecule has 0 saturated heterocycles. The number of amides is 2. The molecule has 0 aliphatic heterocycles. The van der Waals surface area contributed by atoms with Gasteiger partial charge in [-0.3, -0.25) is 9.59 Å². The van der Waals surface area contributed by atoms with Gasteiger partial charge in [-0.15, -0.1) is 0 Å². The van der Waals surface area contributed by atoms with Gasteiger partial charge in [-0.1, -0.05) is 70.4 Å². The lowest BCUT2D eigenvalue weighted by Crippen LogP contribution is -2.47. The predicted octanol–water partition coefficient (Wildman–Crippen LogP) is 3.63. The van der Waals surface area contributed by atoms with E-state index in [0.717, 1.165) is 19.3 Å². The average molecular weight is 481 g/mol. The van der Waals surface area contributed by atoms with Crippen LogP contribution in [0.4, 0.5) is 0 Å². The third-order valence-electron chi connectivity index (χ3n) is 5.12. The molecule has 1 fully saturated rings. The average Bonchev–Trinajstić information content (AvgIpc) is 2.84. The SMILES string of the molecule is C1CCCCC1.CCCCCC(=O)NCC(=O)NC(Cc1cccc(O)c1)C(=O)OC.CCO. The summed E-state index contributed by atoms with van der Waals surface area (Å²) in [6, 6.07) is 5.52. The van der Waals surface area contributed by atoms with Crippen LogP contribution in [0.25, 0.3) is 0 Å². The highest BCUT2D eigenvalue weighted by atomic mass is 16.5. The molecule has 2 rings (SSSR count). The second kappa shape index (κ2) is 21.0. The summed E-state index contributed by atoms with van der Waals surface area (Å²) in [6.07, 6.45) is 12.3. The maximum absolute atomic E-state index is 12.0. The summed E-state index contributed by atoms with van der Waals surface area (Å²) in [5, 5.41) is 22.1. The number of unbranched alkanes of at least 4 members (excludes halogenated alkanes) is 2. The van der Waals surface area contributed by atoms with Crippen LogP contribution >= 0.6 is 0 Å². The number of benzene rings is 1. The molecule has 1 saturated carbocycles. The van der Waals surface area contributed by atoms with Gasteiger partial charge < -0.3 is 25.6 Å². The molecule has 1 unspecified atom stereocenters. The van der Waals surface area contributed by atoms with Crippen molar-refractivity contribution in [3.05, 3.63) is 29.8 Å². The Labute approximate surface area is 204 Å². The number of hydrogen-bond donors (Lipinski definition) is 4. The van der Waals surface area contributed by atoms with E-state index < -0.39 is 17.9 Å². The largest absolute Gasteiger partial charge is 0.508 e. The molecule has 1 aliphatic carbocycles. The molecule has 194 valence electrons. The number of aromatic hydroxyl groups is 1. The molecule has 0 radical (unpaired) electrons. The summed E-state index contributed by atoms with van der Waals surface area (Å²) < 4.78 is 4.70. The minimum Gasteiger partial charge on any atom is -0.508 e. The lowest BCUT2D eigenvalue weighted by atomic mass is 10.0. The Morgan fingerprint density at radius 3 is 2.09 bits per heavy atom. The summed E-state index contributed by atoms with van der Waals surface area (Å²) in [4.78, 5) is 35.5. The van der Waals surface area contributed by atoms with E-state index in [1.165, 1.54) is 57.8 Å². The molecule has 0 heterocycles. The van der Waals surface area contributed by atoms with Gasteiger partial charge in [0.05, 0.1) is 13.7 Å². The van der Waals surface area contributed by atoms with Gasteiger partial charge in [0.2, 0.25) is 11.8 Å². The Morgan fingerprint density at radius 2 is 1.59 bits per heavy atom. The molecule has 1 atom stereocenters. The van der Waals surface area contributed by atoms with Crippen LogP contribution < -0.4 is 10.6 Å². The Hall–Kier alpha value is -2.61. The molecular formula is C26H44N2O6. The molecule has 0 bridgehead atoms. The number of esters is 1. The lowest BCUT2D eigenvalue weighted by Gasteiger charge is -2.17. The van der Waals surface area contributed by atoms with Crippen LogP contribution in [0.15, 0.2) is 24.3 Å². The third-order valence-corrected chi connectivity index (χ3v) is 5.12. The molecule has 4 N–H and O–H groups in total. The maximum Gasteiger partial charge on any atom is 0.328 e. The van der Waals surface area contributed by atoms with Crippen molar-refractivity contribution in [2.24, 2.45) is 0 Å². The molecule has 2 amide bonds. The molecule has 1 aliphatic rings. The minimum atomic E-state index is -0.892. The Morgan fingerprint density at radius 1 is 1.00 bits per heavy atom. The smallest absolute Gasteiger partial charge is 0.328 e. The van der Waals surface area contributed by atoms with Gasteiger partial charge in [0, 0.05) is 19.4 Å². The first-order chi connectivity index (χ1) is 16.4. The number of phenols is 1. The molecule has 34 heavy (non-hydrogen) atoms. The van der Waals surface area contributed by atoms with Gasteiger partial charge in [-0.25, -0.2) is 4.79 Å². The van der Waals surface area contributed by atoms with Crippen LogP contribution in [-0.2, 0) is 25.5 Å². The minimum absolute atomic E-state index is 0.0757. The summed E-state index contributed by atoms with van der Waals surface area (Å²) in [7, 11) is 1.24. The molecule has 1 aromatic rings. The Bertz CT molecular complexity index is 680. The standard InChI is InChI=1S/C18H26N2O5.C6H12.C2H6O/c1-3-4-5-9-16(22)19-12-17(23)20-15(18(24)25-2)11-13-7-6-8-14(21)10-13;1-2-4-6-5-3-1;1-2-3/h6-8,10,15,21H,3-5,9,11-12H2,1-2H3,(H,19,22)(H,20,23);1-6H2;3H,2H2,1H3. The monoisotopic (exact) mass is 480 g/mol. The van der Waals surface area contributed by atoms with Crippen molar-refractivity contribution < 1.29 is 29.3 Å². The van der Waals surface area contributed by atoms with Crippen molar-refractivity contribution in [1.29, 1.82) is 0 Å². The van der Waals surface area contributed by atoms with E-state index in [1.54, 1.807) is 19.1 Å². The van der Waals surface area contributed by atoms with Crippen molar-refractivity contribution in [2.75, 3.05) is 20.3 Å². The van der Waals surface area contributed by atoms with Gasteiger partial charge in [0.15, 0.2) is 0 Å². The molecule has 8 nitrogen and oxygen atoms in total. The lowest BCUT2D eigenvalue weighted by molar-refractivity contribution is -0.145. The van der Waals surface area contributed by atoms with Crippen LogP contribution in [0.2, 0.25) is 0 Å². The second-order valence-electron chi connectivity index (χ2n) is 8.19. The molecule has 0 aromatic heterocycles. The number of ether oxygens (including phenoxy) is 1. The molecule has 1 aromatic carbocycles. The van der Waals surface area contributed by atoms with Gasteiger partial charge in [0.1, 0.15) is 11.8 Å². The fourth-order valence-electron chi connectivity index (χ4n) is 3.36. The van der Waals surface area contributed by atoms with Crippen LogP contribution in [0.5, 0.6) is 5.75 Å². The summed E-state index contributed by atoms with van der Waals surface area (Å²) in [5.74, 6) is -1.18. The quantitative estimate of drug-likeness (QED) is 0.299. The number of methoxy groups -OCH3 is 1. The number of phenolic OH excluding ortho intramolecular Hbond substituents is 1. The molecular weight excluding hydrogens is 436 g/mol. The number of aliphatic hydroxyl groups excluding tert-OH is 1. The van der Waals surface area contributed by atoms with E-state index >= 15 is 0 Å². The van der Waals surface area contributed by atoms with E-state index in [0.29, 0.717) is 12.0 Å². The highest BCUT2D eigenvalue weighted by molar-refractivity contribution is 5.88. The number of carbonyl (C=O) groups excluding carboxylic acids is 3. The van der Waals surface area contributed by atoms with Gasteiger partial charge >= 0.3 is 5.97 Å². The Kier molecular flexibility index (Phi) is 19.4. The fraction of sp³-hybridized carbons (Fsp3) is 0.654. The third kappa shape index (κ3) is 16.9. The summed E-state index contributed by atoms with van der Waals surface area (Å²) in [5.41, 5.74) is 0.680. The number of hydrogen-bond acceptors (Lipinski definition) is 6. The topological polar surface area (TPSA) is 125 Å². The number of carbonyl (C=O) groups is 3. The van der Waals surface area contributed by atoms with Crippen molar-refractivity contribution in [3.63, 3.8) is 0 Å². The van der Waals surface area contributed by atoms with Crippen LogP contribution in [0, 0.1) is 0 Å². The van der Waals surface area contributed by atoms with Gasteiger partial charge in [-0.05, 0) is 31.0 Å². The summed E-state index contributed by atoms with van der Waals surface area (Å²) >= 11 is 0. The van der Waals surface area contributed by atoms with Crippen molar-refractivity contribution >= 4 is 17.8 Å². The van der Waals surface area contributed by atoms with Crippen LogP contribution in [0.1, 0.15) is 83.6 Å².